The van der Waals surface area contributed by atoms with Gasteiger partial charge < -0.3 is 10.1 Å². The van der Waals surface area contributed by atoms with Crippen LogP contribution >= 0.6 is 11.3 Å². The standard InChI is InChI=1S/C20H26N2O4S2/c1-26-18-10-6-15(7-11-18)13-21-20(23)17-8-4-16(5-9-17)14-22-28(24,25)19-3-2-12-27-19/h2-3,6-7,10-12,16-17,22H,4-5,8-9,13-14H2,1H3,(H,21,23). The van der Waals surface area contributed by atoms with Crippen LogP contribution in [0.5, 0.6) is 5.75 Å². The third-order valence-corrected chi connectivity index (χ3v) is 7.99. The summed E-state index contributed by atoms with van der Waals surface area (Å²) in [6.45, 7) is 0.934. The van der Waals surface area contributed by atoms with Gasteiger partial charge in [0.15, 0.2) is 0 Å². The largest absolute Gasteiger partial charge is 0.497 e. The lowest BCUT2D eigenvalue weighted by molar-refractivity contribution is -0.126. The number of sulfonamides is 1. The van der Waals surface area contributed by atoms with E-state index in [9.17, 15) is 13.2 Å². The number of benzene rings is 1. The van der Waals surface area contributed by atoms with Gasteiger partial charge in [0.05, 0.1) is 7.11 Å². The fourth-order valence-corrected chi connectivity index (χ4v) is 5.57. The minimum atomic E-state index is -3.41. The Labute approximate surface area is 170 Å². The summed E-state index contributed by atoms with van der Waals surface area (Å²) in [5, 5.41) is 4.76. The number of nitrogens with one attached hydrogen (secondary N) is 2. The second-order valence-corrected chi connectivity index (χ2v) is 10.0. The van der Waals surface area contributed by atoms with E-state index >= 15 is 0 Å². The van der Waals surface area contributed by atoms with Crippen LogP contribution in [0.4, 0.5) is 0 Å². The molecule has 0 aliphatic heterocycles. The van der Waals surface area contributed by atoms with Crippen LogP contribution in [0.1, 0.15) is 31.2 Å². The van der Waals surface area contributed by atoms with E-state index in [0.29, 0.717) is 17.3 Å². The van der Waals surface area contributed by atoms with Gasteiger partial charge in [0.2, 0.25) is 15.9 Å². The Kier molecular flexibility index (Phi) is 7.09. The first kappa shape index (κ1) is 20.8. The molecule has 0 spiro atoms. The van der Waals surface area contributed by atoms with Gasteiger partial charge in [0, 0.05) is 19.0 Å². The van der Waals surface area contributed by atoms with Crippen LogP contribution in [0.25, 0.3) is 0 Å². The Bertz CT molecular complexity index is 856. The quantitative estimate of drug-likeness (QED) is 0.684. The van der Waals surface area contributed by atoms with Crippen LogP contribution in [0, 0.1) is 11.8 Å². The molecule has 0 saturated heterocycles. The van der Waals surface area contributed by atoms with Crippen molar-refractivity contribution in [3.05, 3.63) is 47.3 Å². The molecule has 1 saturated carbocycles. The van der Waals surface area contributed by atoms with Gasteiger partial charge in [-0.3, -0.25) is 4.79 Å². The normalized spacial score (nSPS) is 19.9. The van der Waals surface area contributed by atoms with Gasteiger partial charge in [-0.25, -0.2) is 13.1 Å². The van der Waals surface area contributed by atoms with Crippen molar-refractivity contribution in [3.63, 3.8) is 0 Å². The van der Waals surface area contributed by atoms with Gasteiger partial charge in [-0.2, -0.15) is 0 Å². The van der Waals surface area contributed by atoms with E-state index in [1.807, 2.05) is 24.3 Å². The number of hydrogen-bond acceptors (Lipinski definition) is 5. The molecule has 8 heteroatoms. The number of carbonyl (C=O) groups excluding carboxylic acids is 1. The van der Waals surface area contributed by atoms with E-state index in [1.54, 1.807) is 24.6 Å². The van der Waals surface area contributed by atoms with E-state index in [1.165, 1.54) is 11.3 Å². The van der Waals surface area contributed by atoms with Gasteiger partial charge in [0.25, 0.3) is 0 Å². The fourth-order valence-electron chi connectivity index (χ4n) is 3.42. The highest BCUT2D eigenvalue weighted by Gasteiger charge is 2.27. The van der Waals surface area contributed by atoms with Crippen LogP contribution in [0.2, 0.25) is 0 Å². The molecule has 1 aliphatic rings. The van der Waals surface area contributed by atoms with E-state index in [2.05, 4.69) is 10.0 Å². The molecule has 0 unspecified atom stereocenters. The van der Waals surface area contributed by atoms with Crippen molar-refractivity contribution in [1.29, 1.82) is 0 Å². The van der Waals surface area contributed by atoms with Crippen molar-refractivity contribution in [2.45, 2.75) is 36.4 Å². The number of thiophene rings is 1. The molecule has 0 radical (unpaired) electrons. The molecule has 1 aromatic carbocycles. The lowest BCUT2D eigenvalue weighted by Gasteiger charge is -2.27. The Morgan fingerprint density at radius 3 is 2.46 bits per heavy atom. The number of rotatable bonds is 8. The van der Waals surface area contributed by atoms with E-state index in [4.69, 9.17) is 4.74 Å². The highest BCUT2D eigenvalue weighted by molar-refractivity contribution is 7.91. The Morgan fingerprint density at radius 1 is 1.14 bits per heavy atom. The molecule has 1 fully saturated rings. The lowest BCUT2D eigenvalue weighted by Crippen LogP contribution is -2.35. The molecular formula is C20H26N2O4S2. The smallest absolute Gasteiger partial charge is 0.250 e. The minimum absolute atomic E-state index is 0.00315. The summed E-state index contributed by atoms with van der Waals surface area (Å²) in [7, 11) is -1.78. The molecule has 2 N–H and O–H groups in total. The number of methoxy groups -OCH3 is 1. The molecule has 1 heterocycles. The number of ether oxygens (including phenoxy) is 1. The van der Waals surface area contributed by atoms with Crippen LogP contribution in [-0.2, 0) is 21.4 Å². The SMILES string of the molecule is COc1ccc(CNC(=O)C2CCC(CNS(=O)(=O)c3cccs3)CC2)cc1. The zero-order chi connectivity index (χ0) is 20.0. The maximum Gasteiger partial charge on any atom is 0.250 e. The summed E-state index contributed by atoms with van der Waals surface area (Å²) in [5.41, 5.74) is 1.03. The first-order chi connectivity index (χ1) is 13.5. The number of amides is 1. The first-order valence-electron chi connectivity index (χ1n) is 9.42. The fraction of sp³-hybridized carbons (Fsp3) is 0.450. The van der Waals surface area contributed by atoms with Gasteiger partial charge >= 0.3 is 0 Å². The topological polar surface area (TPSA) is 84.5 Å². The lowest BCUT2D eigenvalue weighted by atomic mass is 9.81. The van der Waals surface area contributed by atoms with Crippen molar-refractivity contribution in [3.8, 4) is 5.75 Å². The molecular weight excluding hydrogens is 396 g/mol. The van der Waals surface area contributed by atoms with Crippen molar-refractivity contribution in [1.82, 2.24) is 10.0 Å². The minimum Gasteiger partial charge on any atom is -0.497 e. The molecule has 1 aromatic heterocycles. The Morgan fingerprint density at radius 2 is 1.86 bits per heavy atom. The van der Waals surface area contributed by atoms with Crippen LogP contribution < -0.4 is 14.8 Å². The van der Waals surface area contributed by atoms with Gasteiger partial charge in [-0.1, -0.05) is 18.2 Å². The van der Waals surface area contributed by atoms with E-state index < -0.39 is 10.0 Å². The molecule has 6 nitrogen and oxygen atoms in total. The van der Waals surface area contributed by atoms with Crippen molar-refractivity contribution >= 4 is 27.3 Å². The molecule has 1 amide bonds. The van der Waals surface area contributed by atoms with Gasteiger partial charge in [0.1, 0.15) is 9.96 Å². The highest BCUT2D eigenvalue weighted by atomic mass is 32.2. The zero-order valence-electron chi connectivity index (χ0n) is 15.9. The first-order valence-corrected chi connectivity index (χ1v) is 11.8. The van der Waals surface area contributed by atoms with Gasteiger partial charge in [-0.05, 0) is 60.7 Å². The molecule has 0 bridgehead atoms. The predicted octanol–water partition coefficient (Wildman–Crippen LogP) is 3.16. The second-order valence-electron chi connectivity index (χ2n) is 7.07. The molecule has 0 atom stereocenters. The molecule has 2 aromatic rings. The van der Waals surface area contributed by atoms with Crippen LogP contribution in [0.15, 0.2) is 46.0 Å². The van der Waals surface area contributed by atoms with Crippen LogP contribution in [-0.4, -0.2) is 28.0 Å². The number of carbonyl (C=O) groups is 1. The maximum absolute atomic E-state index is 12.4. The van der Waals surface area contributed by atoms with Crippen molar-refractivity contribution in [2.24, 2.45) is 11.8 Å². The van der Waals surface area contributed by atoms with Crippen molar-refractivity contribution < 1.29 is 17.9 Å². The third-order valence-electron chi connectivity index (χ3n) is 5.17. The van der Waals surface area contributed by atoms with Crippen LogP contribution in [0.3, 0.4) is 0 Å². The van der Waals surface area contributed by atoms with Gasteiger partial charge in [-0.15, -0.1) is 11.3 Å². The molecule has 152 valence electrons. The average Bonchev–Trinajstić information content (AvgIpc) is 3.27. The summed E-state index contributed by atoms with van der Waals surface area (Å²) in [6.07, 6.45) is 3.29. The monoisotopic (exact) mass is 422 g/mol. The average molecular weight is 423 g/mol. The molecule has 28 heavy (non-hydrogen) atoms. The zero-order valence-corrected chi connectivity index (χ0v) is 17.5. The molecule has 1 aliphatic carbocycles. The maximum atomic E-state index is 12.4. The van der Waals surface area contributed by atoms with E-state index in [0.717, 1.165) is 37.0 Å². The number of hydrogen-bond donors (Lipinski definition) is 2. The summed E-state index contributed by atoms with van der Waals surface area (Å²) in [6, 6.07) is 11.0. The molecule has 3 rings (SSSR count). The Hall–Kier alpha value is -1.90. The third kappa shape index (κ3) is 5.56. The Balaban J connectivity index is 1.40. The summed E-state index contributed by atoms with van der Waals surface area (Å²) in [5.74, 6) is 1.15. The summed E-state index contributed by atoms with van der Waals surface area (Å²) < 4.78 is 32.6. The second kappa shape index (κ2) is 9.54. The summed E-state index contributed by atoms with van der Waals surface area (Å²) >= 11 is 1.22. The van der Waals surface area contributed by atoms with E-state index in [-0.39, 0.29) is 17.7 Å². The summed E-state index contributed by atoms with van der Waals surface area (Å²) in [4.78, 5) is 12.4. The predicted molar refractivity (Wildman–Crippen MR) is 110 cm³/mol. The highest BCUT2D eigenvalue weighted by Crippen LogP contribution is 2.29. The van der Waals surface area contributed by atoms with Crippen molar-refractivity contribution in [2.75, 3.05) is 13.7 Å².